The molecule has 0 saturated heterocycles. The SMILES string of the molecule is CCCCCCCOc1ccc(C(=O)O)c(-c2ccc(-c3ccc(C#N)cc3)cc2)c1. The third-order valence-corrected chi connectivity index (χ3v) is 5.28. The molecule has 3 aromatic carbocycles. The maximum absolute atomic E-state index is 11.7. The highest BCUT2D eigenvalue weighted by Gasteiger charge is 2.13. The molecule has 158 valence electrons. The second kappa shape index (κ2) is 11.0. The summed E-state index contributed by atoms with van der Waals surface area (Å²) in [5.74, 6) is -0.274. The van der Waals surface area contributed by atoms with Gasteiger partial charge in [0.2, 0.25) is 0 Å². The molecule has 0 bridgehead atoms. The number of carboxylic acid groups (broad SMARTS) is 1. The van der Waals surface area contributed by atoms with Crippen molar-refractivity contribution in [2.45, 2.75) is 39.0 Å². The Labute approximate surface area is 183 Å². The number of carboxylic acids is 1. The number of hydrogen-bond donors (Lipinski definition) is 1. The molecule has 0 fully saturated rings. The van der Waals surface area contributed by atoms with Crippen LogP contribution in [0.3, 0.4) is 0 Å². The first-order chi connectivity index (χ1) is 15.1. The number of rotatable bonds is 10. The first-order valence-corrected chi connectivity index (χ1v) is 10.7. The molecule has 0 spiro atoms. The van der Waals surface area contributed by atoms with Gasteiger partial charge in [0.15, 0.2) is 0 Å². The predicted octanol–water partition coefficient (Wildman–Crippen LogP) is 6.94. The van der Waals surface area contributed by atoms with Crippen molar-refractivity contribution in [1.82, 2.24) is 0 Å². The molecule has 0 heterocycles. The molecule has 0 atom stereocenters. The van der Waals surface area contributed by atoms with Crippen molar-refractivity contribution in [3.63, 3.8) is 0 Å². The fraction of sp³-hybridized carbons (Fsp3) is 0.259. The number of hydrogen-bond acceptors (Lipinski definition) is 3. The summed E-state index contributed by atoms with van der Waals surface area (Å²) < 4.78 is 5.88. The van der Waals surface area contributed by atoms with E-state index in [0.29, 0.717) is 23.5 Å². The molecule has 0 saturated carbocycles. The van der Waals surface area contributed by atoms with Gasteiger partial charge < -0.3 is 9.84 Å². The van der Waals surface area contributed by atoms with Gasteiger partial charge in [-0.25, -0.2) is 4.79 Å². The largest absolute Gasteiger partial charge is 0.494 e. The number of benzene rings is 3. The molecule has 31 heavy (non-hydrogen) atoms. The lowest BCUT2D eigenvalue weighted by Gasteiger charge is -2.12. The zero-order valence-corrected chi connectivity index (χ0v) is 17.8. The Hall–Kier alpha value is -3.58. The summed E-state index contributed by atoms with van der Waals surface area (Å²) in [5, 5.41) is 18.6. The van der Waals surface area contributed by atoms with Gasteiger partial charge in [-0.1, -0.05) is 69.0 Å². The van der Waals surface area contributed by atoms with Gasteiger partial charge in [-0.2, -0.15) is 5.26 Å². The molecule has 0 radical (unpaired) electrons. The Bertz CT molecular complexity index is 1050. The van der Waals surface area contributed by atoms with Gasteiger partial charge in [-0.3, -0.25) is 0 Å². The molecule has 4 heteroatoms. The van der Waals surface area contributed by atoms with Crippen LogP contribution in [0.15, 0.2) is 66.7 Å². The molecule has 0 aliphatic heterocycles. The van der Waals surface area contributed by atoms with Gasteiger partial charge in [0.05, 0.1) is 23.8 Å². The van der Waals surface area contributed by atoms with Crippen molar-refractivity contribution >= 4 is 5.97 Å². The van der Waals surface area contributed by atoms with Crippen molar-refractivity contribution in [3.05, 3.63) is 77.9 Å². The maximum atomic E-state index is 11.7. The molecule has 0 unspecified atom stereocenters. The minimum absolute atomic E-state index is 0.251. The first kappa shape index (κ1) is 22.1. The van der Waals surface area contributed by atoms with Gasteiger partial charge in [0, 0.05) is 0 Å². The third-order valence-electron chi connectivity index (χ3n) is 5.28. The average Bonchev–Trinajstić information content (AvgIpc) is 2.81. The Morgan fingerprint density at radius 2 is 1.48 bits per heavy atom. The topological polar surface area (TPSA) is 70.3 Å². The van der Waals surface area contributed by atoms with Gasteiger partial charge in [-0.05, 0) is 59.0 Å². The normalized spacial score (nSPS) is 10.5. The van der Waals surface area contributed by atoms with E-state index in [4.69, 9.17) is 10.00 Å². The van der Waals surface area contributed by atoms with Crippen LogP contribution in [0.4, 0.5) is 0 Å². The number of ether oxygens (including phenoxy) is 1. The molecular formula is C27H27NO3. The third kappa shape index (κ3) is 5.96. The van der Waals surface area contributed by atoms with Crippen LogP contribution in [0.1, 0.15) is 54.9 Å². The van der Waals surface area contributed by atoms with E-state index in [1.165, 1.54) is 19.3 Å². The lowest BCUT2D eigenvalue weighted by Crippen LogP contribution is -2.02. The van der Waals surface area contributed by atoms with E-state index >= 15 is 0 Å². The monoisotopic (exact) mass is 413 g/mol. The van der Waals surface area contributed by atoms with E-state index in [-0.39, 0.29) is 5.56 Å². The van der Waals surface area contributed by atoms with Crippen LogP contribution in [-0.2, 0) is 0 Å². The lowest BCUT2D eigenvalue weighted by atomic mass is 9.96. The number of aromatic carboxylic acids is 1. The van der Waals surface area contributed by atoms with E-state index in [9.17, 15) is 9.90 Å². The quantitative estimate of drug-likeness (QED) is 0.365. The van der Waals surface area contributed by atoms with Gasteiger partial charge in [0.1, 0.15) is 5.75 Å². The first-order valence-electron chi connectivity index (χ1n) is 10.7. The van der Waals surface area contributed by atoms with E-state index in [0.717, 1.165) is 29.5 Å². The van der Waals surface area contributed by atoms with Gasteiger partial charge >= 0.3 is 5.97 Å². The van der Waals surface area contributed by atoms with Crippen LogP contribution in [0.2, 0.25) is 0 Å². The van der Waals surface area contributed by atoms with Crippen LogP contribution in [0.25, 0.3) is 22.3 Å². The molecular weight excluding hydrogens is 386 g/mol. The predicted molar refractivity (Wildman–Crippen MR) is 123 cm³/mol. The average molecular weight is 414 g/mol. The van der Waals surface area contributed by atoms with Crippen LogP contribution < -0.4 is 4.74 Å². The summed E-state index contributed by atoms with van der Waals surface area (Å²) in [6, 6.07) is 22.4. The zero-order valence-electron chi connectivity index (χ0n) is 17.8. The number of carbonyl (C=O) groups is 1. The van der Waals surface area contributed by atoms with Crippen LogP contribution in [-0.4, -0.2) is 17.7 Å². The smallest absolute Gasteiger partial charge is 0.336 e. The van der Waals surface area contributed by atoms with Gasteiger partial charge in [0.25, 0.3) is 0 Å². The molecule has 1 N–H and O–H groups in total. The Morgan fingerprint density at radius 1 is 0.871 bits per heavy atom. The molecule has 0 aliphatic carbocycles. The van der Waals surface area contributed by atoms with E-state index in [1.807, 2.05) is 42.5 Å². The highest BCUT2D eigenvalue weighted by atomic mass is 16.5. The number of nitriles is 1. The zero-order chi connectivity index (χ0) is 22.1. The second-order valence-corrected chi connectivity index (χ2v) is 7.54. The molecule has 4 nitrogen and oxygen atoms in total. The van der Waals surface area contributed by atoms with Crippen molar-refractivity contribution in [2.24, 2.45) is 0 Å². The number of unbranched alkanes of at least 4 members (excludes halogenated alkanes) is 4. The van der Waals surface area contributed by atoms with Crippen molar-refractivity contribution in [1.29, 1.82) is 5.26 Å². The molecule has 0 aliphatic rings. The highest BCUT2D eigenvalue weighted by molar-refractivity contribution is 5.96. The van der Waals surface area contributed by atoms with Crippen molar-refractivity contribution < 1.29 is 14.6 Å². The number of nitrogens with zero attached hydrogens (tertiary/aromatic N) is 1. The summed E-state index contributed by atoms with van der Waals surface area (Å²) in [7, 11) is 0. The van der Waals surface area contributed by atoms with Crippen LogP contribution in [0, 0.1) is 11.3 Å². The minimum atomic E-state index is -0.961. The Kier molecular flexibility index (Phi) is 7.84. The Balaban J connectivity index is 1.77. The fourth-order valence-corrected chi connectivity index (χ4v) is 3.51. The van der Waals surface area contributed by atoms with Crippen molar-refractivity contribution in [2.75, 3.05) is 6.61 Å². The van der Waals surface area contributed by atoms with Gasteiger partial charge in [-0.15, -0.1) is 0 Å². The summed E-state index contributed by atoms with van der Waals surface area (Å²) in [4.78, 5) is 11.7. The standard InChI is InChI=1S/C27H27NO3/c1-2-3-4-5-6-17-31-24-15-16-25(27(29)30)26(18-24)23-13-11-22(12-14-23)21-9-7-20(19-28)8-10-21/h7-16,18H,2-6,17H2,1H3,(H,29,30). The fourth-order valence-electron chi connectivity index (χ4n) is 3.51. The van der Waals surface area contributed by atoms with Crippen molar-refractivity contribution in [3.8, 4) is 34.1 Å². The van der Waals surface area contributed by atoms with Crippen LogP contribution >= 0.6 is 0 Å². The van der Waals surface area contributed by atoms with E-state index in [2.05, 4.69) is 13.0 Å². The molecule has 3 rings (SSSR count). The maximum Gasteiger partial charge on any atom is 0.336 e. The highest BCUT2D eigenvalue weighted by Crippen LogP contribution is 2.30. The molecule has 3 aromatic rings. The van der Waals surface area contributed by atoms with E-state index in [1.54, 1.807) is 24.3 Å². The minimum Gasteiger partial charge on any atom is -0.494 e. The molecule has 0 aromatic heterocycles. The lowest BCUT2D eigenvalue weighted by molar-refractivity contribution is 0.0697. The summed E-state index contributed by atoms with van der Waals surface area (Å²) in [6.45, 7) is 2.83. The van der Waals surface area contributed by atoms with Crippen LogP contribution in [0.5, 0.6) is 5.75 Å². The summed E-state index contributed by atoms with van der Waals surface area (Å²) in [6.07, 6.45) is 5.81. The molecule has 0 amide bonds. The Morgan fingerprint density at radius 3 is 2.10 bits per heavy atom. The summed E-state index contributed by atoms with van der Waals surface area (Å²) in [5.41, 5.74) is 4.34. The van der Waals surface area contributed by atoms with E-state index < -0.39 is 5.97 Å². The second-order valence-electron chi connectivity index (χ2n) is 7.54. The summed E-state index contributed by atoms with van der Waals surface area (Å²) >= 11 is 0.